The van der Waals surface area contributed by atoms with Crippen molar-refractivity contribution in [3.05, 3.63) is 26.5 Å². The molecule has 0 aliphatic rings. The van der Waals surface area contributed by atoms with Crippen LogP contribution in [0.4, 0.5) is 4.39 Å². The number of phenols is 1. The van der Waals surface area contributed by atoms with Crippen LogP contribution in [0.5, 0.6) is 5.75 Å². The van der Waals surface area contributed by atoms with Crippen LogP contribution >= 0.6 is 34.2 Å². The van der Waals surface area contributed by atoms with Crippen LogP contribution in [0, 0.1) is 9.39 Å². The summed E-state index contributed by atoms with van der Waals surface area (Å²) in [5, 5.41) is 8.63. The van der Waals surface area contributed by atoms with Crippen molar-refractivity contribution < 1.29 is 9.50 Å². The first-order chi connectivity index (χ1) is 4.63. The highest BCUT2D eigenvalue weighted by Crippen LogP contribution is 2.28. The van der Waals surface area contributed by atoms with E-state index in [1.807, 2.05) is 0 Å². The first kappa shape index (κ1) is 8.07. The zero-order valence-electron chi connectivity index (χ0n) is 4.74. The molecule has 1 aromatic rings. The number of benzene rings is 1. The van der Waals surface area contributed by atoms with Gasteiger partial charge in [0.1, 0.15) is 10.8 Å². The van der Waals surface area contributed by atoms with Gasteiger partial charge in [-0.25, -0.2) is 4.39 Å². The molecule has 1 nitrogen and oxygen atoms in total. The lowest BCUT2D eigenvalue weighted by Crippen LogP contribution is -1.82. The molecule has 0 fully saturated rings. The SMILES string of the molecule is Oc1ccc(I)c(F)c1Cl. The lowest BCUT2D eigenvalue weighted by molar-refractivity contribution is 0.469. The minimum absolute atomic E-state index is 0.216. The summed E-state index contributed by atoms with van der Waals surface area (Å²) >= 11 is 7.15. The fourth-order valence-electron chi connectivity index (χ4n) is 0.516. The van der Waals surface area contributed by atoms with Crippen LogP contribution < -0.4 is 0 Å². The van der Waals surface area contributed by atoms with Gasteiger partial charge in [-0.3, -0.25) is 0 Å². The van der Waals surface area contributed by atoms with Crippen LogP contribution in [0.15, 0.2) is 12.1 Å². The molecule has 0 saturated carbocycles. The highest BCUT2D eigenvalue weighted by atomic mass is 127. The van der Waals surface area contributed by atoms with Gasteiger partial charge >= 0.3 is 0 Å². The van der Waals surface area contributed by atoms with Gasteiger partial charge in [0.05, 0.1) is 3.57 Å². The number of hydrogen-bond acceptors (Lipinski definition) is 1. The van der Waals surface area contributed by atoms with E-state index in [0.29, 0.717) is 3.57 Å². The number of rotatable bonds is 0. The first-order valence-electron chi connectivity index (χ1n) is 2.45. The lowest BCUT2D eigenvalue weighted by atomic mass is 10.3. The molecule has 1 N–H and O–H groups in total. The van der Waals surface area contributed by atoms with Crippen molar-refractivity contribution in [3.8, 4) is 5.75 Å². The van der Waals surface area contributed by atoms with E-state index in [1.54, 1.807) is 22.6 Å². The Morgan fingerprint density at radius 2 is 2.10 bits per heavy atom. The normalized spacial score (nSPS) is 9.90. The predicted octanol–water partition coefficient (Wildman–Crippen LogP) is 2.79. The fraction of sp³-hybridized carbons (Fsp3) is 0. The summed E-state index contributed by atoms with van der Waals surface area (Å²) in [5.74, 6) is -0.790. The molecular weight excluding hydrogens is 269 g/mol. The van der Waals surface area contributed by atoms with Gasteiger partial charge in [-0.2, -0.15) is 0 Å². The van der Waals surface area contributed by atoms with Crippen LogP contribution in [-0.4, -0.2) is 5.11 Å². The van der Waals surface area contributed by atoms with E-state index in [-0.39, 0.29) is 10.8 Å². The van der Waals surface area contributed by atoms with Gasteiger partial charge in [-0.1, -0.05) is 11.6 Å². The van der Waals surface area contributed by atoms with Crippen molar-refractivity contribution in [1.82, 2.24) is 0 Å². The quantitative estimate of drug-likeness (QED) is 0.569. The summed E-state index contributed by atoms with van der Waals surface area (Å²) in [5.41, 5.74) is 0. The molecular formula is C6H3ClFIO. The van der Waals surface area contributed by atoms with E-state index in [2.05, 4.69) is 0 Å². The Balaban J connectivity index is 3.34. The molecule has 0 atom stereocenters. The average molecular weight is 272 g/mol. The molecule has 1 aromatic carbocycles. The van der Waals surface area contributed by atoms with E-state index in [9.17, 15) is 4.39 Å². The summed E-state index contributed by atoms with van der Waals surface area (Å²) in [6, 6.07) is 2.81. The van der Waals surface area contributed by atoms with Gasteiger partial charge in [0.2, 0.25) is 0 Å². The Hall–Kier alpha value is -0.0300. The Morgan fingerprint density at radius 1 is 1.50 bits per heavy atom. The van der Waals surface area contributed by atoms with Crippen molar-refractivity contribution in [3.63, 3.8) is 0 Å². The number of phenolic OH excluding ortho intramolecular Hbond substituents is 1. The maximum Gasteiger partial charge on any atom is 0.158 e. The van der Waals surface area contributed by atoms with Crippen LogP contribution in [0.2, 0.25) is 5.02 Å². The Morgan fingerprint density at radius 3 is 2.60 bits per heavy atom. The monoisotopic (exact) mass is 272 g/mol. The number of halogens is 3. The molecule has 0 saturated heterocycles. The minimum Gasteiger partial charge on any atom is -0.506 e. The highest BCUT2D eigenvalue weighted by molar-refractivity contribution is 14.1. The molecule has 54 valence electrons. The van der Waals surface area contributed by atoms with Gasteiger partial charge in [-0.05, 0) is 34.7 Å². The third-order valence-corrected chi connectivity index (χ3v) is 2.21. The third kappa shape index (κ3) is 1.34. The summed E-state index contributed by atoms with van der Waals surface area (Å²) in [7, 11) is 0. The van der Waals surface area contributed by atoms with Gasteiger partial charge in [0.25, 0.3) is 0 Å². The molecule has 0 aromatic heterocycles. The molecule has 0 spiro atoms. The van der Waals surface area contributed by atoms with Crippen LogP contribution in [0.1, 0.15) is 0 Å². The van der Waals surface area contributed by atoms with E-state index < -0.39 is 5.82 Å². The smallest absolute Gasteiger partial charge is 0.158 e. The molecule has 0 radical (unpaired) electrons. The van der Waals surface area contributed by atoms with Crippen LogP contribution in [0.3, 0.4) is 0 Å². The van der Waals surface area contributed by atoms with E-state index >= 15 is 0 Å². The van der Waals surface area contributed by atoms with Crippen molar-refractivity contribution in [1.29, 1.82) is 0 Å². The summed E-state index contributed by atoms with van der Waals surface area (Å²) in [6.07, 6.45) is 0. The maximum atomic E-state index is 12.7. The second-order valence-electron chi connectivity index (χ2n) is 1.69. The van der Waals surface area contributed by atoms with Crippen LogP contribution in [-0.2, 0) is 0 Å². The zero-order chi connectivity index (χ0) is 7.72. The second-order valence-corrected chi connectivity index (χ2v) is 3.23. The molecule has 10 heavy (non-hydrogen) atoms. The predicted molar refractivity (Wildman–Crippen MR) is 45.8 cm³/mol. The Bertz CT molecular complexity index is 237. The zero-order valence-corrected chi connectivity index (χ0v) is 7.65. The summed E-state index contributed by atoms with van der Waals surface area (Å²) in [4.78, 5) is 0. The second kappa shape index (κ2) is 2.92. The first-order valence-corrected chi connectivity index (χ1v) is 3.91. The van der Waals surface area contributed by atoms with Gasteiger partial charge < -0.3 is 5.11 Å². The molecule has 0 unspecified atom stereocenters. The fourth-order valence-corrected chi connectivity index (χ4v) is 1.29. The molecule has 0 heterocycles. The number of hydrogen-bond donors (Lipinski definition) is 1. The van der Waals surface area contributed by atoms with Gasteiger partial charge in [0.15, 0.2) is 5.82 Å². The van der Waals surface area contributed by atoms with E-state index in [0.717, 1.165) is 0 Å². The molecule has 0 aliphatic carbocycles. The molecule has 0 bridgehead atoms. The highest BCUT2D eigenvalue weighted by Gasteiger charge is 2.07. The van der Waals surface area contributed by atoms with Crippen molar-refractivity contribution in [2.75, 3.05) is 0 Å². The van der Waals surface area contributed by atoms with E-state index in [4.69, 9.17) is 16.7 Å². The lowest BCUT2D eigenvalue weighted by Gasteiger charge is -1.98. The van der Waals surface area contributed by atoms with Gasteiger partial charge in [0, 0.05) is 0 Å². The molecule has 4 heteroatoms. The standard InChI is InChI=1S/C6H3ClFIO/c7-5-4(10)2-1-3(9)6(5)8/h1-2,10H. The summed E-state index contributed by atoms with van der Waals surface area (Å²) < 4.78 is 13.1. The Kier molecular flexibility index (Phi) is 2.36. The van der Waals surface area contributed by atoms with E-state index in [1.165, 1.54) is 12.1 Å². The molecule has 0 aliphatic heterocycles. The largest absolute Gasteiger partial charge is 0.506 e. The van der Waals surface area contributed by atoms with Crippen LogP contribution in [0.25, 0.3) is 0 Å². The topological polar surface area (TPSA) is 20.2 Å². The van der Waals surface area contributed by atoms with Crippen molar-refractivity contribution in [2.45, 2.75) is 0 Å². The average Bonchev–Trinajstić information content (AvgIpc) is 1.93. The van der Waals surface area contributed by atoms with Gasteiger partial charge in [-0.15, -0.1) is 0 Å². The van der Waals surface area contributed by atoms with Crippen molar-refractivity contribution >= 4 is 34.2 Å². The molecule has 0 amide bonds. The van der Waals surface area contributed by atoms with Crippen molar-refractivity contribution in [2.24, 2.45) is 0 Å². The third-order valence-electron chi connectivity index (χ3n) is 1.01. The summed E-state index contributed by atoms with van der Waals surface area (Å²) in [6.45, 7) is 0. The Labute approximate surface area is 76.0 Å². The molecule has 1 rings (SSSR count). The minimum atomic E-state index is -0.567. The maximum absolute atomic E-state index is 12.7. The number of aromatic hydroxyl groups is 1.